The highest BCUT2D eigenvalue weighted by Gasteiger charge is 2.27. The minimum Gasteiger partial charge on any atom is -0.493 e. The third-order valence-corrected chi connectivity index (χ3v) is 7.64. The van der Waals surface area contributed by atoms with Gasteiger partial charge in [-0.15, -0.1) is 0 Å². The number of amides is 1. The molecule has 0 aliphatic carbocycles. The van der Waals surface area contributed by atoms with Crippen molar-refractivity contribution in [3.8, 4) is 5.75 Å². The smallest absolute Gasteiger partial charge is 0.240 e. The molecule has 2 aromatic carbocycles. The van der Waals surface area contributed by atoms with Crippen LogP contribution in [-0.2, 0) is 27.8 Å². The molecule has 1 fully saturated rings. The summed E-state index contributed by atoms with van der Waals surface area (Å²) in [7, 11) is -3.60. The number of benzene rings is 2. The Balaban J connectivity index is 1.75. The predicted octanol–water partition coefficient (Wildman–Crippen LogP) is 4.31. The normalized spacial score (nSPS) is 15.6. The van der Waals surface area contributed by atoms with Gasteiger partial charge in [0, 0.05) is 30.2 Å². The zero-order valence-electron chi connectivity index (χ0n) is 21.1. The highest BCUT2D eigenvalue weighted by atomic mass is 35.5. The van der Waals surface area contributed by atoms with E-state index in [-0.39, 0.29) is 23.4 Å². The van der Waals surface area contributed by atoms with Gasteiger partial charge in [0.15, 0.2) is 0 Å². The summed E-state index contributed by atoms with van der Waals surface area (Å²) in [6.45, 7) is 10.0. The number of sulfonamides is 1. The molecule has 0 bridgehead atoms. The Hall–Kier alpha value is -2.39. The monoisotopic (exact) mass is 533 g/mol. The number of carbonyl (C=O) groups is 1. The van der Waals surface area contributed by atoms with E-state index in [1.54, 1.807) is 37.3 Å². The van der Waals surface area contributed by atoms with Crippen molar-refractivity contribution in [2.45, 2.75) is 57.0 Å². The standard InChI is InChI=1S/C27H36ClN3O4S/c1-4-16-35-26-12-9-23(28)17-22(26)19-31(27(32)25-6-5-14-29-25)15-13-21-7-10-24(11-8-21)36(33,34)30-18-20(2)3/h7-12,17,25,29-30H,2,4-6,13-16,18-19H2,1,3H3/t25-/m0/s1. The van der Waals surface area contributed by atoms with Gasteiger partial charge in [-0.25, -0.2) is 13.1 Å². The molecule has 9 heteroatoms. The molecule has 1 aliphatic rings. The summed E-state index contributed by atoms with van der Waals surface area (Å²) < 4.78 is 33.3. The fraction of sp³-hybridized carbons (Fsp3) is 0.444. The van der Waals surface area contributed by atoms with Crippen molar-refractivity contribution in [3.63, 3.8) is 0 Å². The van der Waals surface area contributed by atoms with E-state index in [0.717, 1.165) is 48.3 Å². The molecule has 1 amide bonds. The van der Waals surface area contributed by atoms with Gasteiger partial charge in [0.05, 0.1) is 17.5 Å². The van der Waals surface area contributed by atoms with Crippen LogP contribution in [0.5, 0.6) is 5.75 Å². The van der Waals surface area contributed by atoms with E-state index in [9.17, 15) is 13.2 Å². The van der Waals surface area contributed by atoms with Gasteiger partial charge < -0.3 is 15.0 Å². The summed E-state index contributed by atoms with van der Waals surface area (Å²) in [5.41, 5.74) is 2.55. The maximum absolute atomic E-state index is 13.4. The first kappa shape index (κ1) is 28.2. The van der Waals surface area contributed by atoms with Crippen molar-refractivity contribution in [2.24, 2.45) is 0 Å². The van der Waals surface area contributed by atoms with E-state index in [0.29, 0.717) is 31.1 Å². The molecule has 0 saturated carbocycles. The van der Waals surface area contributed by atoms with E-state index >= 15 is 0 Å². The molecule has 1 heterocycles. The molecule has 0 unspecified atom stereocenters. The second-order valence-electron chi connectivity index (χ2n) is 9.18. The quantitative estimate of drug-likeness (QED) is 0.375. The molecule has 0 spiro atoms. The Morgan fingerprint density at radius 1 is 1.25 bits per heavy atom. The van der Waals surface area contributed by atoms with Gasteiger partial charge in [-0.05, 0) is 75.0 Å². The van der Waals surface area contributed by atoms with Crippen LogP contribution in [0.25, 0.3) is 0 Å². The predicted molar refractivity (Wildman–Crippen MR) is 144 cm³/mol. The van der Waals surface area contributed by atoms with Crippen molar-refractivity contribution in [3.05, 3.63) is 70.8 Å². The third-order valence-electron chi connectivity index (χ3n) is 5.98. The number of halogens is 1. The molecule has 3 rings (SSSR count). The van der Waals surface area contributed by atoms with E-state index in [1.165, 1.54) is 0 Å². The highest BCUT2D eigenvalue weighted by molar-refractivity contribution is 7.89. The number of ether oxygens (including phenoxy) is 1. The van der Waals surface area contributed by atoms with Crippen LogP contribution >= 0.6 is 11.6 Å². The number of nitrogens with one attached hydrogen (secondary N) is 2. The van der Waals surface area contributed by atoms with Crippen LogP contribution in [0.4, 0.5) is 0 Å². The Morgan fingerprint density at radius 2 is 2.00 bits per heavy atom. The first-order valence-corrected chi connectivity index (χ1v) is 14.2. The number of hydrogen-bond acceptors (Lipinski definition) is 5. The lowest BCUT2D eigenvalue weighted by molar-refractivity contribution is -0.133. The van der Waals surface area contributed by atoms with Gasteiger partial charge in [-0.3, -0.25) is 4.79 Å². The first-order valence-electron chi connectivity index (χ1n) is 12.4. The minimum absolute atomic E-state index is 0.0529. The van der Waals surface area contributed by atoms with Crippen LogP contribution in [0, 0.1) is 0 Å². The molecular weight excluding hydrogens is 498 g/mol. The Bertz CT molecular complexity index is 1150. The minimum atomic E-state index is -3.60. The SMILES string of the molecule is C=C(C)CNS(=O)(=O)c1ccc(CCN(Cc2cc(Cl)ccc2OCCC)C(=O)[C@@H]2CCCN2)cc1. The van der Waals surface area contributed by atoms with Crippen molar-refractivity contribution < 1.29 is 17.9 Å². The maximum atomic E-state index is 13.4. The zero-order valence-corrected chi connectivity index (χ0v) is 22.6. The molecule has 1 saturated heterocycles. The number of nitrogens with zero attached hydrogens (tertiary/aromatic N) is 1. The van der Waals surface area contributed by atoms with E-state index in [2.05, 4.69) is 16.6 Å². The molecule has 2 N–H and O–H groups in total. The van der Waals surface area contributed by atoms with Gasteiger partial charge >= 0.3 is 0 Å². The van der Waals surface area contributed by atoms with E-state index in [4.69, 9.17) is 16.3 Å². The molecule has 1 aliphatic heterocycles. The number of rotatable bonds is 13. The van der Waals surface area contributed by atoms with Gasteiger partial charge in [0.25, 0.3) is 0 Å². The van der Waals surface area contributed by atoms with Crippen LogP contribution < -0.4 is 14.8 Å². The maximum Gasteiger partial charge on any atom is 0.240 e. The molecule has 36 heavy (non-hydrogen) atoms. The Labute approximate surface area is 219 Å². The second-order valence-corrected chi connectivity index (χ2v) is 11.4. The molecule has 2 aromatic rings. The van der Waals surface area contributed by atoms with Crippen molar-refractivity contribution in [2.75, 3.05) is 26.2 Å². The molecule has 7 nitrogen and oxygen atoms in total. The summed E-state index contributed by atoms with van der Waals surface area (Å²) in [6.07, 6.45) is 3.25. The largest absolute Gasteiger partial charge is 0.493 e. The number of carbonyl (C=O) groups excluding carboxylic acids is 1. The van der Waals surface area contributed by atoms with Gasteiger partial charge in [-0.1, -0.05) is 42.8 Å². The van der Waals surface area contributed by atoms with Crippen LogP contribution in [-0.4, -0.2) is 51.5 Å². The molecule has 0 aromatic heterocycles. The van der Waals surface area contributed by atoms with Crippen LogP contribution in [0.3, 0.4) is 0 Å². The van der Waals surface area contributed by atoms with Crippen LogP contribution in [0.15, 0.2) is 59.5 Å². The highest BCUT2D eigenvalue weighted by Crippen LogP contribution is 2.26. The van der Waals surface area contributed by atoms with Crippen molar-refractivity contribution in [1.82, 2.24) is 14.9 Å². The summed E-state index contributed by atoms with van der Waals surface area (Å²) in [6, 6.07) is 12.1. The summed E-state index contributed by atoms with van der Waals surface area (Å²) >= 11 is 6.27. The van der Waals surface area contributed by atoms with Crippen LogP contribution in [0.2, 0.25) is 5.02 Å². The average Bonchev–Trinajstić information content (AvgIpc) is 3.40. The topological polar surface area (TPSA) is 87.7 Å². The number of hydrogen-bond donors (Lipinski definition) is 2. The molecule has 0 radical (unpaired) electrons. The van der Waals surface area contributed by atoms with Gasteiger partial charge in [-0.2, -0.15) is 0 Å². The third kappa shape index (κ3) is 8.06. The summed E-state index contributed by atoms with van der Waals surface area (Å²) in [4.78, 5) is 15.4. The van der Waals surface area contributed by atoms with Crippen molar-refractivity contribution >= 4 is 27.5 Å². The second kappa shape index (κ2) is 13.2. The lowest BCUT2D eigenvalue weighted by Gasteiger charge is -2.27. The fourth-order valence-corrected chi connectivity index (χ4v) is 5.31. The lowest BCUT2D eigenvalue weighted by atomic mass is 10.1. The molecule has 1 atom stereocenters. The molecular formula is C27H36ClN3O4S. The fourth-order valence-electron chi connectivity index (χ4n) is 4.01. The Morgan fingerprint density at radius 3 is 2.64 bits per heavy atom. The van der Waals surface area contributed by atoms with Gasteiger partial charge in [0.2, 0.25) is 15.9 Å². The first-order chi connectivity index (χ1) is 17.2. The van der Waals surface area contributed by atoms with Crippen LogP contribution in [0.1, 0.15) is 44.2 Å². The lowest BCUT2D eigenvalue weighted by Crippen LogP contribution is -2.44. The van der Waals surface area contributed by atoms with Gasteiger partial charge in [0.1, 0.15) is 5.75 Å². The Kier molecular flexibility index (Phi) is 10.4. The average molecular weight is 534 g/mol. The van der Waals surface area contributed by atoms with Crippen molar-refractivity contribution in [1.29, 1.82) is 0 Å². The zero-order chi connectivity index (χ0) is 26.1. The molecule has 196 valence electrons. The van der Waals surface area contributed by atoms with E-state index in [1.807, 2.05) is 24.0 Å². The summed E-state index contributed by atoms with van der Waals surface area (Å²) in [5, 5.41) is 3.89. The summed E-state index contributed by atoms with van der Waals surface area (Å²) in [5.74, 6) is 0.785. The van der Waals surface area contributed by atoms with E-state index < -0.39 is 10.0 Å².